The number of hydrogen-bond acceptors (Lipinski definition) is 2. The van der Waals surface area contributed by atoms with Crippen molar-refractivity contribution >= 4 is 5.97 Å². The maximum atomic E-state index is 12.6. The minimum absolute atomic E-state index is 0.170. The lowest BCUT2D eigenvalue weighted by molar-refractivity contribution is -0.142. The average molecular weight is 169 g/mol. The summed E-state index contributed by atoms with van der Waals surface area (Å²) in [7, 11) is 0. The molecule has 3 nitrogen and oxygen atoms in total. The Morgan fingerprint density at radius 1 is 1.67 bits per heavy atom. The number of hydrogen-bond donors (Lipinski definition) is 1. The predicted molar refractivity (Wildman–Crippen MR) is 40.5 cm³/mol. The lowest BCUT2D eigenvalue weighted by atomic mass is 10.2. The van der Waals surface area contributed by atoms with Gasteiger partial charge in [-0.3, -0.25) is 4.98 Å². The van der Waals surface area contributed by atoms with Gasteiger partial charge in [0.15, 0.2) is 0 Å². The number of alkyl halides is 1. The number of aromatic nitrogens is 1. The lowest BCUT2D eigenvalue weighted by Gasteiger charge is -2.00. The second kappa shape index (κ2) is 3.80. The summed E-state index contributed by atoms with van der Waals surface area (Å²) >= 11 is 0. The fourth-order valence-corrected chi connectivity index (χ4v) is 0.790. The number of rotatable bonds is 3. The highest BCUT2D eigenvalue weighted by molar-refractivity contribution is 5.72. The van der Waals surface area contributed by atoms with Gasteiger partial charge in [0.1, 0.15) is 0 Å². The van der Waals surface area contributed by atoms with Crippen molar-refractivity contribution in [3.8, 4) is 0 Å². The van der Waals surface area contributed by atoms with Crippen LogP contribution in [-0.2, 0) is 11.2 Å². The van der Waals surface area contributed by atoms with Gasteiger partial charge in [0, 0.05) is 18.3 Å². The van der Waals surface area contributed by atoms with Crippen LogP contribution in [0.25, 0.3) is 0 Å². The molecule has 1 N–H and O–H groups in total. The summed E-state index contributed by atoms with van der Waals surface area (Å²) < 4.78 is 12.6. The topological polar surface area (TPSA) is 50.2 Å². The monoisotopic (exact) mass is 169 g/mol. The van der Waals surface area contributed by atoms with Gasteiger partial charge >= 0.3 is 5.97 Å². The van der Waals surface area contributed by atoms with Gasteiger partial charge in [0.25, 0.3) is 0 Å². The summed E-state index contributed by atoms with van der Waals surface area (Å²) in [5, 5.41) is 8.24. The fourth-order valence-electron chi connectivity index (χ4n) is 0.790. The van der Waals surface area contributed by atoms with E-state index in [0.29, 0.717) is 5.69 Å². The minimum Gasteiger partial charge on any atom is -0.479 e. The molecule has 0 aliphatic heterocycles. The van der Waals surface area contributed by atoms with Crippen LogP contribution in [-0.4, -0.2) is 22.2 Å². The van der Waals surface area contributed by atoms with Crippen molar-refractivity contribution in [2.75, 3.05) is 0 Å². The Morgan fingerprint density at radius 2 is 2.42 bits per heavy atom. The number of halogens is 1. The van der Waals surface area contributed by atoms with E-state index in [9.17, 15) is 9.18 Å². The molecule has 1 unspecified atom stereocenters. The van der Waals surface area contributed by atoms with Gasteiger partial charge in [-0.2, -0.15) is 0 Å². The minimum atomic E-state index is -1.86. The Kier molecular flexibility index (Phi) is 2.74. The van der Waals surface area contributed by atoms with Crippen LogP contribution in [0.15, 0.2) is 24.4 Å². The van der Waals surface area contributed by atoms with Crippen molar-refractivity contribution in [3.63, 3.8) is 0 Å². The molecule has 64 valence electrons. The van der Waals surface area contributed by atoms with Gasteiger partial charge in [0.2, 0.25) is 6.17 Å². The molecule has 1 atom stereocenters. The number of carboxylic acid groups (broad SMARTS) is 1. The molecule has 1 aromatic rings. The third-order valence-electron chi connectivity index (χ3n) is 1.38. The molecule has 1 heterocycles. The van der Waals surface area contributed by atoms with Crippen molar-refractivity contribution < 1.29 is 14.3 Å². The number of carbonyl (C=O) groups is 1. The highest BCUT2D eigenvalue weighted by Crippen LogP contribution is 2.02. The largest absolute Gasteiger partial charge is 0.479 e. The molecule has 0 spiro atoms. The van der Waals surface area contributed by atoms with E-state index in [1.165, 1.54) is 6.20 Å². The zero-order valence-corrected chi connectivity index (χ0v) is 6.27. The molecule has 12 heavy (non-hydrogen) atoms. The van der Waals surface area contributed by atoms with E-state index in [-0.39, 0.29) is 6.42 Å². The van der Waals surface area contributed by atoms with E-state index in [0.717, 1.165) is 0 Å². The molecule has 0 amide bonds. The van der Waals surface area contributed by atoms with Crippen LogP contribution in [0.2, 0.25) is 0 Å². The summed E-state index contributed by atoms with van der Waals surface area (Å²) in [4.78, 5) is 13.9. The van der Waals surface area contributed by atoms with Crippen molar-refractivity contribution in [1.82, 2.24) is 4.98 Å². The molecular weight excluding hydrogens is 161 g/mol. The highest BCUT2D eigenvalue weighted by atomic mass is 19.1. The van der Waals surface area contributed by atoms with Gasteiger partial charge in [0.05, 0.1) is 0 Å². The van der Waals surface area contributed by atoms with Crippen molar-refractivity contribution in [2.45, 2.75) is 12.6 Å². The molecule has 0 fully saturated rings. The molecule has 0 saturated carbocycles. The summed E-state index contributed by atoms with van der Waals surface area (Å²) in [6.07, 6.45) is -0.528. The van der Waals surface area contributed by atoms with Crippen LogP contribution < -0.4 is 0 Å². The first-order chi connectivity index (χ1) is 5.70. The molecule has 0 radical (unpaired) electrons. The third-order valence-corrected chi connectivity index (χ3v) is 1.38. The molecule has 0 aliphatic rings. The first kappa shape index (κ1) is 8.64. The second-order valence-corrected chi connectivity index (χ2v) is 2.33. The highest BCUT2D eigenvalue weighted by Gasteiger charge is 2.16. The van der Waals surface area contributed by atoms with Gasteiger partial charge < -0.3 is 5.11 Å². The Bertz CT molecular complexity index is 263. The molecule has 0 saturated heterocycles. The SMILES string of the molecule is O=C(O)C(F)Cc1ccccn1. The summed E-state index contributed by atoms with van der Waals surface area (Å²) in [6.45, 7) is 0. The van der Waals surface area contributed by atoms with E-state index >= 15 is 0 Å². The first-order valence-electron chi connectivity index (χ1n) is 3.47. The quantitative estimate of drug-likeness (QED) is 0.735. The summed E-state index contributed by atoms with van der Waals surface area (Å²) in [5.74, 6) is -1.44. The molecule has 0 aromatic carbocycles. The van der Waals surface area contributed by atoms with Crippen LogP contribution >= 0.6 is 0 Å². The number of pyridine rings is 1. The predicted octanol–water partition coefficient (Wildman–Crippen LogP) is 1.05. The Labute approximate surface area is 68.9 Å². The Balaban J connectivity index is 2.58. The molecule has 4 heteroatoms. The smallest absolute Gasteiger partial charge is 0.338 e. The normalized spacial score (nSPS) is 12.4. The van der Waals surface area contributed by atoms with Crippen LogP contribution in [0.3, 0.4) is 0 Å². The standard InChI is InChI=1S/C8H8FNO2/c9-7(8(11)12)5-6-3-1-2-4-10-6/h1-4,7H,5H2,(H,11,12). The van der Waals surface area contributed by atoms with Gasteiger partial charge in [-0.25, -0.2) is 9.18 Å². The zero-order valence-electron chi connectivity index (χ0n) is 6.27. The van der Waals surface area contributed by atoms with Crippen LogP contribution in [0.5, 0.6) is 0 Å². The number of nitrogens with zero attached hydrogens (tertiary/aromatic N) is 1. The maximum absolute atomic E-state index is 12.6. The second-order valence-electron chi connectivity index (χ2n) is 2.33. The Hall–Kier alpha value is -1.45. The molecule has 1 rings (SSSR count). The van der Waals surface area contributed by atoms with E-state index < -0.39 is 12.1 Å². The zero-order chi connectivity index (χ0) is 8.97. The number of aliphatic carboxylic acids is 1. The Morgan fingerprint density at radius 3 is 2.92 bits per heavy atom. The average Bonchev–Trinajstić information content (AvgIpc) is 2.06. The van der Waals surface area contributed by atoms with Crippen LogP contribution in [0.4, 0.5) is 4.39 Å². The fraction of sp³-hybridized carbons (Fsp3) is 0.250. The van der Waals surface area contributed by atoms with E-state index in [2.05, 4.69) is 4.98 Å². The molecular formula is C8H8FNO2. The number of carboxylic acids is 1. The molecule has 0 aliphatic carbocycles. The molecule has 1 aromatic heterocycles. The van der Waals surface area contributed by atoms with E-state index in [1.807, 2.05) is 0 Å². The van der Waals surface area contributed by atoms with E-state index in [4.69, 9.17) is 5.11 Å². The maximum Gasteiger partial charge on any atom is 0.338 e. The summed E-state index contributed by atoms with van der Waals surface area (Å²) in [6, 6.07) is 4.98. The summed E-state index contributed by atoms with van der Waals surface area (Å²) in [5.41, 5.74) is 0.451. The van der Waals surface area contributed by atoms with Crippen molar-refractivity contribution in [2.24, 2.45) is 0 Å². The van der Waals surface area contributed by atoms with Crippen LogP contribution in [0.1, 0.15) is 5.69 Å². The first-order valence-corrected chi connectivity index (χ1v) is 3.47. The van der Waals surface area contributed by atoms with Gasteiger partial charge in [-0.1, -0.05) is 6.07 Å². The van der Waals surface area contributed by atoms with E-state index in [1.54, 1.807) is 18.2 Å². The van der Waals surface area contributed by atoms with Gasteiger partial charge in [-0.15, -0.1) is 0 Å². The lowest BCUT2D eigenvalue weighted by Crippen LogP contribution is -2.17. The van der Waals surface area contributed by atoms with Gasteiger partial charge in [-0.05, 0) is 12.1 Å². The third kappa shape index (κ3) is 2.30. The molecule has 0 bridgehead atoms. The van der Waals surface area contributed by atoms with Crippen molar-refractivity contribution in [3.05, 3.63) is 30.1 Å². The van der Waals surface area contributed by atoms with Crippen molar-refractivity contribution in [1.29, 1.82) is 0 Å². The van der Waals surface area contributed by atoms with Crippen LogP contribution in [0, 0.1) is 0 Å².